The predicted molar refractivity (Wildman–Crippen MR) is 58.8 cm³/mol. The molecule has 2 aliphatic carbocycles. The summed E-state index contributed by atoms with van der Waals surface area (Å²) in [5.74, 6) is 0. The lowest BCUT2D eigenvalue weighted by atomic mass is 10.1. The third-order valence-electron chi connectivity index (χ3n) is 2.67. The summed E-state index contributed by atoms with van der Waals surface area (Å²) in [5, 5.41) is 9.27. The maximum Gasteiger partial charge on any atom is 0.418 e. The number of aryl methyl sites for hydroxylation is 1. The fourth-order valence-electron chi connectivity index (χ4n) is 1.85. The number of rotatable bonds is 1. The maximum absolute atomic E-state index is 12.5. The van der Waals surface area contributed by atoms with Gasteiger partial charge in [0.15, 0.2) is 6.10 Å². The van der Waals surface area contributed by atoms with Crippen LogP contribution in [0, 0.1) is 6.92 Å². The first-order valence-electron chi connectivity index (χ1n) is 5.13. The van der Waals surface area contributed by atoms with Crippen molar-refractivity contribution in [3.05, 3.63) is 47.5 Å². The zero-order chi connectivity index (χ0) is 12.6. The minimum atomic E-state index is -4.63. The SMILES string of the molecule is Cc1cccc2c(C(O)C(F)(F)F)ccc-2c1. The first-order valence-corrected chi connectivity index (χ1v) is 5.13. The van der Waals surface area contributed by atoms with Crippen LogP contribution in [0.2, 0.25) is 0 Å². The van der Waals surface area contributed by atoms with Crippen LogP contribution >= 0.6 is 0 Å². The van der Waals surface area contributed by atoms with Gasteiger partial charge in [0.2, 0.25) is 0 Å². The van der Waals surface area contributed by atoms with E-state index in [1.54, 1.807) is 24.3 Å². The molecule has 1 N–H and O–H groups in total. The molecule has 4 heteroatoms. The molecule has 0 aromatic rings. The van der Waals surface area contributed by atoms with Crippen molar-refractivity contribution >= 4 is 0 Å². The molecule has 90 valence electrons. The van der Waals surface area contributed by atoms with Crippen LogP contribution in [0.3, 0.4) is 0 Å². The Labute approximate surface area is 96.9 Å². The number of hydrogen-bond acceptors (Lipinski definition) is 1. The molecule has 1 unspecified atom stereocenters. The van der Waals surface area contributed by atoms with Gasteiger partial charge in [-0.2, -0.15) is 13.2 Å². The molecule has 2 aliphatic rings. The van der Waals surface area contributed by atoms with Crippen LogP contribution in [-0.2, 0) is 0 Å². The summed E-state index contributed by atoms with van der Waals surface area (Å²) in [7, 11) is 0. The number of aliphatic hydroxyl groups is 1. The second kappa shape index (κ2) is 4.04. The Morgan fingerprint density at radius 2 is 1.82 bits per heavy atom. The molecule has 0 saturated carbocycles. The van der Waals surface area contributed by atoms with Crippen LogP contribution in [0.4, 0.5) is 13.2 Å². The van der Waals surface area contributed by atoms with E-state index in [0.717, 1.165) is 5.56 Å². The van der Waals surface area contributed by atoms with Gasteiger partial charge in [-0.1, -0.05) is 42.0 Å². The van der Waals surface area contributed by atoms with Gasteiger partial charge >= 0.3 is 6.18 Å². The van der Waals surface area contributed by atoms with E-state index in [4.69, 9.17) is 0 Å². The van der Waals surface area contributed by atoms with E-state index in [1.807, 2.05) is 13.0 Å². The summed E-state index contributed by atoms with van der Waals surface area (Å²) >= 11 is 0. The molecule has 0 aliphatic heterocycles. The average Bonchev–Trinajstić information content (AvgIpc) is 2.50. The second-order valence-electron chi connectivity index (χ2n) is 4.02. The number of aliphatic hydroxyl groups excluding tert-OH is 1. The molecule has 0 fully saturated rings. The lowest BCUT2D eigenvalue weighted by Gasteiger charge is -2.14. The van der Waals surface area contributed by atoms with E-state index >= 15 is 0 Å². The smallest absolute Gasteiger partial charge is 0.379 e. The van der Waals surface area contributed by atoms with Crippen LogP contribution < -0.4 is 0 Å². The molecule has 0 saturated heterocycles. The molecular formula is C13H11F3O. The van der Waals surface area contributed by atoms with E-state index in [9.17, 15) is 18.3 Å². The van der Waals surface area contributed by atoms with Crippen LogP contribution in [-0.4, -0.2) is 11.3 Å². The van der Waals surface area contributed by atoms with Crippen molar-refractivity contribution in [3.63, 3.8) is 0 Å². The summed E-state index contributed by atoms with van der Waals surface area (Å²) < 4.78 is 37.4. The summed E-state index contributed by atoms with van der Waals surface area (Å²) in [6.07, 6.45) is -7.06. The Hall–Kier alpha value is -1.55. The van der Waals surface area contributed by atoms with Crippen molar-refractivity contribution in [3.8, 4) is 11.1 Å². The Morgan fingerprint density at radius 3 is 2.47 bits per heavy atom. The van der Waals surface area contributed by atoms with Gasteiger partial charge in [-0.15, -0.1) is 0 Å². The zero-order valence-corrected chi connectivity index (χ0v) is 9.12. The zero-order valence-electron chi connectivity index (χ0n) is 9.12. The van der Waals surface area contributed by atoms with Gasteiger partial charge in [0.25, 0.3) is 0 Å². The molecule has 0 radical (unpaired) electrons. The van der Waals surface area contributed by atoms with Gasteiger partial charge in [-0.05, 0) is 23.6 Å². The first kappa shape index (κ1) is 11.9. The van der Waals surface area contributed by atoms with Gasteiger partial charge in [0.1, 0.15) is 0 Å². The van der Waals surface area contributed by atoms with E-state index in [1.165, 1.54) is 6.07 Å². The largest absolute Gasteiger partial charge is 0.418 e. The van der Waals surface area contributed by atoms with Crippen LogP contribution in [0.15, 0.2) is 36.4 Å². The average molecular weight is 240 g/mol. The standard InChI is InChI=1S/C13H11F3O/c1-8-3-2-4-10-9(7-8)5-6-11(10)12(17)13(14,15)16/h2-7,12,17H,1H3. The molecule has 0 aromatic carbocycles. The second-order valence-corrected chi connectivity index (χ2v) is 4.02. The van der Waals surface area contributed by atoms with Gasteiger partial charge in [-0.25, -0.2) is 0 Å². The van der Waals surface area contributed by atoms with Gasteiger partial charge in [-0.3, -0.25) is 0 Å². The van der Waals surface area contributed by atoms with Crippen LogP contribution in [0.25, 0.3) is 11.1 Å². The summed E-state index contributed by atoms with van der Waals surface area (Å²) in [6, 6.07) is 9.79. The quantitative estimate of drug-likeness (QED) is 0.805. The molecule has 0 heterocycles. The lowest BCUT2D eigenvalue weighted by molar-refractivity contribution is -0.206. The Kier molecular flexibility index (Phi) is 2.83. The summed E-state index contributed by atoms with van der Waals surface area (Å²) in [5.41, 5.74) is 2.00. The Balaban J connectivity index is 2.52. The molecule has 2 rings (SSSR count). The van der Waals surface area contributed by atoms with Crippen molar-refractivity contribution in [1.29, 1.82) is 0 Å². The van der Waals surface area contributed by atoms with Crippen molar-refractivity contribution in [2.75, 3.05) is 0 Å². The molecule has 0 bridgehead atoms. The van der Waals surface area contributed by atoms with E-state index in [0.29, 0.717) is 11.1 Å². The number of alkyl halides is 3. The normalized spacial score (nSPS) is 13.9. The van der Waals surface area contributed by atoms with Crippen LogP contribution in [0.1, 0.15) is 17.2 Å². The highest BCUT2D eigenvalue weighted by Crippen LogP contribution is 2.39. The van der Waals surface area contributed by atoms with Crippen molar-refractivity contribution in [2.24, 2.45) is 0 Å². The molecule has 17 heavy (non-hydrogen) atoms. The third-order valence-corrected chi connectivity index (χ3v) is 2.67. The summed E-state index contributed by atoms with van der Waals surface area (Å²) in [6.45, 7) is 1.87. The molecule has 1 atom stereocenters. The molecule has 0 spiro atoms. The predicted octanol–water partition coefficient (Wildman–Crippen LogP) is 3.70. The summed E-state index contributed by atoms with van der Waals surface area (Å²) in [4.78, 5) is 0. The van der Waals surface area contributed by atoms with Gasteiger partial charge < -0.3 is 5.11 Å². The van der Waals surface area contributed by atoms with E-state index < -0.39 is 12.3 Å². The van der Waals surface area contributed by atoms with Crippen molar-refractivity contribution in [1.82, 2.24) is 0 Å². The first-order chi connectivity index (χ1) is 7.89. The highest BCUT2D eigenvalue weighted by atomic mass is 19.4. The van der Waals surface area contributed by atoms with Gasteiger partial charge in [0.05, 0.1) is 0 Å². The Morgan fingerprint density at radius 1 is 1.12 bits per heavy atom. The number of fused-ring (bicyclic) bond motifs is 1. The number of hydrogen-bond donors (Lipinski definition) is 1. The maximum atomic E-state index is 12.5. The topological polar surface area (TPSA) is 20.2 Å². The van der Waals surface area contributed by atoms with Crippen molar-refractivity contribution in [2.45, 2.75) is 19.2 Å². The van der Waals surface area contributed by atoms with E-state index in [-0.39, 0.29) is 5.56 Å². The fourth-order valence-corrected chi connectivity index (χ4v) is 1.85. The molecule has 1 nitrogen and oxygen atoms in total. The van der Waals surface area contributed by atoms with Crippen LogP contribution in [0.5, 0.6) is 0 Å². The van der Waals surface area contributed by atoms with Gasteiger partial charge in [0, 0.05) is 0 Å². The molecule has 0 amide bonds. The highest BCUT2D eigenvalue weighted by Gasteiger charge is 2.40. The third kappa shape index (κ3) is 2.26. The minimum absolute atomic E-state index is 0.0944. The van der Waals surface area contributed by atoms with Crippen molar-refractivity contribution < 1.29 is 18.3 Å². The molecular weight excluding hydrogens is 229 g/mol. The minimum Gasteiger partial charge on any atom is -0.379 e. The Bertz CT molecular complexity index is 505. The monoisotopic (exact) mass is 240 g/mol. The number of halogens is 3. The lowest BCUT2D eigenvalue weighted by Crippen LogP contribution is -2.20. The highest BCUT2D eigenvalue weighted by molar-refractivity contribution is 5.71. The molecule has 0 aromatic heterocycles. The van der Waals surface area contributed by atoms with E-state index in [2.05, 4.69) is 0 Å². The fraction of sp³-hybridized carbons (Fsp3) is 0.231.